The highest BCUT2D eigenvalue weighted by molar-refractivity contribution is 8.93. The smallest absolute Gasteiger partial charge is 0.0688 e. The molecular weight excluding hydrogens is 363 g/mol. The first kappa shape index (κ1) is 18.1. The lowest BCUT2D eigenvalue weighted by atomic mass is 10.4. The van der Waals surface area contributed by atoms with E-state index in [4.69, 9.17) is 17.3 Å². The second-order valence-corrected chi connectivity index (χ2v) is 4.36. The van der Waals surface area contributed by atoms with Crippen molar-refractivity contribution in [2.24, 2.45) is 5.73 Å². The summed E-state index contributed by atoms with van der Waals surface area (Å²) in [7, 11) is 0. The Morgan fingerprint density at radius 3 is 2.73 bits per heavy atom. The molecule has 0 aliphatic carbocycles. The fourth-order valence-corrected chi connectivity index (χ4v) is 2.05. The van der Waals surface area contributed by atoms with Crippen molar-refractivity contribution in [1.29, 1.82) is 0 Å². The number of thioether (sulfide) groups is 1. The first-order chi connectivity index (χ1) is 6.20. The Morgan fingerprint density at radius 2 is 2.20 bits per heavy atom. The zero-order valence-electron chi connectivity index (χ0n) is 8.35. The third-order valence-electron chi connectivity index (χ3n) is 1.45. The molecule has 0 spiro atoms. The number of halogens is 3. The molecule has 0 amide bonds. The molecule has 1 unspecified atom stereocenters. The zero-order valence-corrected chi connectivity index (χ0v) is 13.3. The quantitative estimate of drug-likeness (QED) is 0.872. The van der Waals surface area contributed by atoms with E-state index in [2.05, 4.69) is 4.98 Å². The van der Waals surface area contributed by atoms with Crippen LogP contribution in [-0.2, 0) is 5.75 Å². The molecule has 88 valence electrons. The summed E-state index contributed by atoms with van der Waals surface area (Å²) >= 11 is 7.69. The van der Waals surface area contributed by atoms with Gasteiger partial charge in [-0.15, -0.1) is 34.0 Å². The fraction of sp³-hybridized carbons (Fsp3) is 0.444. The predicted octanol–water partition coefficient (Wildman–Crippen LogP) is 3.47. The van der Waals surface area contributed by atoms with E-state index >= 15 is 0 Å². The Bertz CT molecular complexity index is 274. The van der Waals surface area contributed by atoms with E-state index < -0.39 is 0 Å². The van der Waals surface area contributed by atoms with Crippen LogP contribution in [0.5, 0.6) is 0 Å². The maximum atomic E-state index is 5.93. The summed E-state index contributed by atoms with van der Waals surface area (Å²) in [6.45, 7) is 1.99. The Hall–Kier alpha value is 0.710. The van der Waals surface area contributed by atoms with E-state index in [1.54, 1.807) is 18.0 Å². The van der Waals surface area contributed by atoms with Gasteiger partial charge in [-0.25, -0.2) is 0 Å². The van der Waals surface area contributed by atoms with Crippen LogP contribution in [0.25, 0.3) is 0 Å². The lowest BCUT2D eigenvalue weighted by Crippen LogP contribution is -2.17. The summed E-state index contributed by atoms with van der Waals surface area (Å²) in [6, 6.07) is 3.92. The number of hydrogen-bond donors (Lipinski definition) is 1. The second kappa shape index (κ2) is 9.90. The second-order valence-electron chi connectivity index (χ2n) is 2.92. The number of rotatable bonds is 4. The van der Waals surface area contributed by atoms with Crippen molar-refractivity contribution >= 4 is 57.3 Å². The molecule has 0 saturated heterocycles. The van der Waals surface area contributed by atoms with Gasteiger partial charge in [0.2, 0.25) is 0 Å². The summed E-state index contributed by atoms with van der Waals surface area (Å²) in [5.41, 5.74) is 6.56. The van der Waals surface area contributed by atoms with Gasteiger partial charge in [0.25, 0.3) is 0 Å². The Balaban J connectivity index is 0. The van der Waals surface area contributed by atoms with Crippen molar-refractivity contribution in [2.75, 3.05) is 5.75 Å². The fourth-order valence-electron chi connectivity index (χ4n) is 0.866. The molecule has 2 N–H and O–H groups in total. The highest BCUT2D eigenvalue weighted by Gasteiger charge is 2.01. The molecule has 1 rings (SSSR count). The minimum atomic E-state index is 0. The summed E-state index contributed by atoms with van der Waals surface area (Å²) < 4.78 is 0. The van der Waals surface area contributed by atoms with Crippen LogP contribution in [0, 0.1) is 0 Å². The third-order valence-corrected chi connectivity index (χ3v) is 3.04. The number of nitrogens with zero attached hydrogens (tertiary/aromatic N) is 1. The lowest BCUT2D eigenvalue weighted by molar-refractivity contribution is 0.847. The van der Waals surface area contributed by atoms with Gasteiger partial charge >= 0.3 is 0 Å². The van der Waals surface area contributed by atoms with Crippen molar-refractivity contribution in [3.63, 3.8) is 0 Å². The Labute approximate surface area is 121 Å². The van der Waals surface area contributed by atoms with E-state index in [-0.39, 0.29) is 40.0 Å². The molecule has 0 saturated carbocycles. The van der Waals surface area contributed by atoms with Gasteiger partial charge in [-0.2, -0.15) is 11.8 Å². The van der Waals surface area contributed by atoms with Crippen molar-refractivity contribution in [2.45, 2.75) is 18.7 Å². The van der Waals surface area contributed by atoms with Crippen molar-refractivity contribution < 1.29 is 0 Å². The van der Waals surface area contributed by atoms with Crippen LogP contribution in [-0.4, -0.2) is 16.8 Å². The van der Waals surface area contributed by atoms with Gasteiger partial charge in [0.15, 0.2) is 0 Å². The van der Waals surface area contributed by atoms with Gasteiger partial charge < -0.3 is 5.73 Å². The molecule has 0 fully saturated rings. The zero-order chi connectivity index (χ0) is 9.68. The normalized spacial score (nSPS) is 11.1. The van der Waals surface area contributed by atoms with E-state index in [0.717, 1.165) is 22.2 Å². The van der Waals surface area contributed by atoms with Gasteiger partial charge in [0.05, 0.1) is 10.7 Å². The van der Waals surface area contributed by atoms with E-state index in [1.807, 2.05) is 19.1 Å². The summed E-state index contributed by atoms with van der Waals surface area (Å²) in [5, 5.41) is 0.736. The first-order valence-electron chi connectivity index (χ1n) is 4.13. The topological polar surface area (TPSA) is 38.9 Å². The summed E-state index contributed by atoms with van der Waals surface area (Å²) in [4.78, 5) is 4.18. The SMILES string of the molecule is Br.Br.CC(N)CSCc1ncccc1Cl. The molecule has 0 bridgehead atoms. The van der Waals surface area contributed by atoms with Gasteiger partial charge in [0.1, 0.15) is 0 Å². The van der Waals surface area contributed by atoms with Crippen LogP contribution >= 0.6 is 57.3 Å². The van der Waals surface area contributed by atoms with Crippen LogP contribution in [0.2, 0.25) is 5.02 Å². The molecule has 0 aliphatic rings. The number of nitrogens with two attached hydrogens (primary N) is 1. The van der Waals surface area contributed by atoms with Crippen LogP contribution < -0.4 is 5.73 Å². The number of aromatic nitrogens is 1. The highest BCUT2D eigenvalue weighted by Crippen LogP contribution is 2.18. The molecule has 1 aromatic rings. The van der Waals surface area contributed by atoms with Crippen molar-refractivity contribution in [3.8, 4) is 0 Å². The van der Waals surface area contributed by atoms with Gasteiger partial charge in [0, 0.05) is 23.7 Å². The summed E-state index contributed by atoms with van der Waals surface area (Å²) in [5.74, 6) is 1.77. The molecule has 0 aromatic carbocycles. The molecule has 2 nitrogen and oxygen atoms in total. The summed E-state index contributed by atoms with van der Waals surface area (Å²) in [6.07, 6.45) is 1.76. The van der Waals surface area contributed by atoms with Gasteiger partial charge in [-0.3, -0.25) is 4.98 Å². The average molecular weight is 379 g/mol. The van der Waals surface area contributed by atoms with Crippen molar-refractivity contribution in [1.82, 2.24) is 4.98 Å². The average Bonchev–Trinajstić information content (AvgIpc) is 2.08. The van der Waals surface area contributed by atoms with Gasteiger partial charge in [-0.1, -0.05) is 11.6 Å². The van der Waals surface area contributed by atoms with Crippen LogP contribution in [0.3, 0.4) is 0 Å². The Morgan fingerprint density at radius 1 is 1.53 bits per heavy atom. The van der Waals surface area contributed by atoms with Gasteiger partial charge in [-0.05, 0) is 19.1 Å². The standard InChI is InChI=1S/C9H13ClN2S.2BrH/c1-7(11)5-13-6-9-8(10)3-2-4-12-9;;/h2-4,7H,5-6,11H2,1H3;2*1H. The van der Waals surface area contributed by atoms with E-state index in [1.165, 1.54) is 0 Å². The minimum absolute atomic E-state index is 0. The molecule has 0 radical (unpaired) electrons. The molecular formula is C9H15Br2ClN2S. The monoisotopic (exact) mass is 376 g/mol. The first-order valence-corrected chi connectivity index (χ1v) is 5.66. The van der Waals surface area contributed by atoms with Crippen LogP contribution in [0.15, 0.2) is 18.3 Å². The lowest BCUT2D eigenvalue weighted by Gasteiger charge is -2.04. The molecule has 1 aromatic heterocycles. The molecule has 0 aliphatic heterocycles. The maximum absolute atomic E-state index is 5.93. The maximum Gasteiger partial charge on any atom is 0.0688 e. The highest BCUT2D eigenvalue weighted by atomic mass is 79.9. The molecule has 1 atom stereocenters. The molecule has 15 heavy (non-hydrogen) atoms. The van der Waals surface area contributed by atoms with Crippen LogP contribution in [0.1, 0.15) is 12.6 Å². The van der Waals surface area contributed by atoms with Crippen LogP contribution in [0.4, 0.5) is 0 Å². The number of pyridine rings is 1. The predicted molar refractivity (Wildman–Crippen MR) is 79.7 cm³/mol. The minimum Gasteiger partial charge on any atom is -0.327 e. The van der Waals surface area contributed by atoms with E-state index in [9.17, 15) is 0 Å². The van der Waals surface area contributed by atoms with Crippen molar-refractivity contribution in [3.05, 3.63) is 29.0 Å². The molecule has 6 heteroatoms. The largest absolute Gasteiger partial charge is 0.327 e. The van der Waals surface area contributed by atoms with E-state index in [0.29, 0.717) is 0 Å². The molecule has 1 heterocycles. The Kier molecular flexibility index (Phi) is 11.9. The third kappa shape index (κ3) is 7.58. The number of hydrogen-bond acceptors (Lipinski definition) is 3.